The molecule has 12 nitrogen and oxygen atoms in total. The van der Waals surface area contributed by atoms with E-state index in [1.165, 1.54) is 55.5 Å². The Labute approximate surface area is 403 Å². The number of carbonyl (C=O) groups excluding carboxylic acids is 1. The number of thiol groups is 1. The third-order valence-corrected chi connectivity index (χ3v) is 24.5. The lowest BCUT2D eigenvalue weighted by atomic mass is 9.79. The SMILES string of the molecule is CC1(C)C(/C=C/C=C/C=C2/N(CCCCCCOC(=O)NCCOCCOCCOCCN=[N+]=[N-])c3ccc4ccccc4c3C2(C)C)=[N+](CCCC23S[SH]2(=O)S3)c2ccc3ccccc3c21. The van der Waals surface area contributed by atoms with Gasteiger partial charge in [0.05, 0.1) is 51.7 Å². The fraction of sp³-hybridized carbons (Fsp3) is 0.462. The Morgan fingerprint density at radius 1 is 0.776 bits per heavy atom. The summed E-state index contributed by atoms with van der Waals surface area (Å²) in [6.45, 7) is 14.7. The molecular weight excluding hydrogens is 901 g/mol. The molecule has 356 valence electrons. The Morgan fingerprint density at radius 2 is 1.43 bits per heavy atom. The zero-order valence-electron chi connectivity index (χ0n) is 39.3. The quantitative estimate of drug-likeness (QED) is 0.00725. The molecule has 1 amide bonds. The summed E-state index contributed by atoms with van der Waals surface area (Å²) in [4.78, 5) is 17.4. The standard InChI is InChI=1S/C52H64N6O6S3/c1-50(2)45(21-8-7-9-22-46-51(3,4)48-42-20-13-11-18-40(42)24-26-44(48)58(46)31-16-27-52-65-67(52,60)66-52)57(43-25-23-39-17-10-12-19-41(39)47(43)50)30-14-5-6-15-32-64-49(59)54-28-33-61-35-37-63-38-36-62-34-29-55-56-53/h7-13,17-26,67H,5-6,14-16,27-38H2,1-4H3/p+1. The van der Waals surface area contributed by atoms with Gasteiger partial charge in [0.2, 0.25) is 5.69 Å². The van der Waals surface area contributed by atoms with Crippen molar-refractivity contribution >= 4 is 74.3 Å². The number of allylic oxidation sites excluding steroid dienone is 6. The average Bonchev–Trinajstić information content (AvgIpc) is 4.04. The Kier molecular flexibility index (Phi) is 15.9. The lowest BCUT2D eigenvalue weighted by molar-refractivity contribution is -0.438. The van der Waals surface area contributed by atoms with Gasteiger partial charge in [0.25, 0.3) is 0 Å². The predicted octanol–water partition coefficient (Wildman–Crippen LogP) is 11.6. The Hall–Kier alpha value is -4.60. The smallest absolute Gasteiger partial charge is 0.407 e. The van der Waals surface area contributed by atoms with Crippen molar-refractivity contribution in [2.75, 3.05) is 77.3 Å². The van der Waals surface area contributed by atoms with Crippen LogP contribution in [-0.4, -0.2) is 96.4 Å². The Balaban J connectivity index is 0.850. The number of carbonyl (C=O) groups is 1. The van der Waals surface area contributed by atoms with Crippen molar-refractivity contribution in [1.82, 2.24) is 5.32 Å². The van der Waals surface area contributed by atoms with Crippen LogP contribution in [0, 0.1) is 0 Å². The molecule has 15 heteroatoms. The van der Waals surface area contributed by atoms with Gasteiger partial charge in [0.15, 0.2) is 9.12 Å². The number of rotatable bonds is 26. The van der Waals surface area contributed by atoms with Crippen LogP contribution in [0.15, 0.2) is 114 Å². The molecule has 4 aromatic rings. The minimum Gasteiger partial charge on any atom is -0.450 e. The number of benzene rings is 4. The molecule has 2 saturated heterocycles. The molecule has 0 bridgehead atoms. The molecule has 67 heavy (non-hydrogen) atoms. The largest absolute Gasteiger partial charge is 0.450 e. The summed E-state index contributed by atoms with van der Waals surface area (Å²) in [5.74, 6) is 0. The second kappa shape index (κ2) is 21.8. The highest BCUT2D eigenvalue weighted by molar-refractivity contribution is 9.38. The molecule has 0 spiro atoms. The summed E-state index contributed by atoms with van der Waals surface area (Å²) >= 11 is 0. The van der Waals surface area contributed by atoms with Gasteiger partial charge in [-0.25, -0.2) is 4.79 Å². The topological polar surface area (TPSA) is 138 Å². The number of alkyl carbamates (subject to hydrolysis) is 1. The van der Waals surface area contributed by atoms with Crippen LogP contribution in [0.25, 0.3) is 32.0 Å². The van der Waals surface area contributed by atoms with E-state index in [-0.39, 0.29) is 14.2 Å². The van der Waals surface area contributed by atoms with Crippen molar-refractivity contribution in [2.24, 2.45) is 5.11 Å². The van der Waals surface area contributed by atoms with Gasteiger partial charge in [-0.15, -0.1) is 0 Å². The molecule has 4 aliphatic heterocycles. The third-order valence-electron chi connectivity index (χ3n) is 13.2. The molecule has 2 fully saturated rings. The maximum atomic E-state index is 12.6. The molecule has 0 aliphatic carbocycles. The highest BCUT2D eigenvalue weighted by atomic mass is 33.6. The number of anilines is 1. The number of ether oxygens (including phenoxy) is 4. The Bertz CT molecular complexity index is 2660. The van der Waals surface area contributed by atoms with Gasteiger partial charge < -0.3 is 29.2 Å². The van der Waals surface area contributed by atoms with Crippen LogP contribution in [0.5, 0.6) is 0 Å². The van der Waals surface area contributed by atoms with Gasteiger partial charge in [-0.05, 0) is 112 Å². The first kappa shape index (κ1) is 48.8. The zero-order chi connectivity index (χ0) is 46.9. The monoisotopic (exact) mass is 965 g/mol. The molecule has 0 atom stereocenters. The van der Waals surface area contributed by atoms with Crippen molar-refractivity contribution in [3.63, 3.8) is 0 Å². The van der Waals surface area contributed by atoms with Crippen LogP contribution in [0.4, 0.5) is 16.2 Å². The number of amides is 1. The molecule has 1 N–H and O–H groups in total. The predicted molar refractivity (Wildman–Crippen MR) is 278 cm³/mol. The van der Waals surface area contributed by atoms with E-state index in [0.29, 0.717) is 59.3 Å². The van der Waals surface area contributed by atoms with Gasteiger partial charge in [-0.2, -0.15) is 4.58 Å². The number of hydrogen-bond donors (Lipinski definition) is 2. The van der Waals surface area contributed by atoms with Crippen molar-refractivity contribution in [2.45, 2.75) is 80.5 Å². The fourth-order valence-electron chi connectivity index (χ4n) is 9.80. The average molecular weight is 966 g/mol. The van der Waals surface area contributed by atoms with Crippen LogP contribution < -0.4 is 10.2 Å². The molecule has 8 rings (SSSR count). The van der Waals surface area contributed by atoms with Crippen LogP contribution in [0.2, 0.25) is 0 Å². The summed E-state index contributed by atoms with van der Waals surface area (Å²) in [6, 6.07) is 26.5. The molecule has 0 unspecified atom stereocenters. The van der Waals surface area contributed by atoms with Gasteiger partial charge in [0.1, 0.15) is 6.54 Å². The van der Waals surface area contributed by atoms with E-state index in [1.54, 1.807) is 21.6 Å². The van der Waals surface area contributed by atoms with Crippen LogP contribution in [0.1, 0.15) is 77.3 Å². The molecular formula is C52H65N6O6S3+. The Morgan fingerprint density at radius 3 is 2.15 bits per heavy atom. The van der Waals surface area contributed by atoms with Crippen LogP contribution in [0.3, 0.4) is 0 Å². The fourth-order valence-corrected chi connectivity index (χ4v) is 20.4. The van der Waals surface area contributed by atoms with E-state index >= 15 is 0 Å². The van der Waals surface area contributed by atoms with Gasteiger partial charge in [-0.3, -0.25) is 4.21 Å². The lowest BCUT2D eigenvalue weighted by Crippen LogP contribution is -2.28. The van der Waals surface area contributed by atoms with E-state index in [1.807, 2.05) is 0 Å². The highest BCUT2D eigenvalue weighted by Gasteiger charge is 2.80. The number of fused-ring (bicyclic) bond motifs is 7. The first-order valence-corrected chi connectivity index (χ1v) is 28.2. The summed E-state index contributed by atoms with van der Waals surface area (Å²) in [7, 11) is 1.51. The number of hydrogen-bond acceptors (Lipinski definition) is 10. The van der Waals surface area contributed by atoms with Gasteiger partial charge in [0, 0.05) is 73.5 Å². The molecule has 0 saturated carbocycles. The molecule has 0 radical (unpaired) electrons. The third kappa shape index (κ3) is 11.0. The summed E-state index contributed by atoms with van der Waals surface area (Å²) in [5.41, 5.74) is 15.7. The molecule has 0 aromatic heterocycles. The van der Waals surface area contributed by atoms with Gasteiger partial charge in [-0.1, -0.05) is 98.2 Å². The van der Waals surface area contributed by atoms with E-state index in [2.05, 4.69) is 156 Å². The second-order valence-corrected chi connectivity index (χ2v) is 27.6. The lowest BCUT2D eigenvalue weighted by Gasteiger charge is -2.27. The van der Waals surface area contributed by atoms with Crippen molar-refractivity contribution in [3.05, 3.63) is 130 Å². The second-order valence-electron chi connectivity index (χ2n) is 18.4. The normalized spacial score (nSPS) is 20.4. The van der Waals surface area contributed by atoms with Crippen LogP contribution >= 0.6 is 21.6 Å². The highest BCUT2D eigenvalue weighted by Crippen LogP contribution is 2.94. The maximum absolute atomic E-state index is 12.6. The van der Waals surface area contributed by atoms with E-state index in [0.717, 1.165) is 51.6 Å². The van der Waals surface area contributed by atoms with Crippen LogP contribution in [-0.2, 0) is 37.8 Å². The first-order valence-electron chi connectivity index (χ1n) is 23.7. The number of nitrogens with zero attached hydrogens (tertiary/aromatic N) is 5. The number of unbranched alkanes of at least 4 members (excludes halogenated alkanes) is 3. The molecule has 4 aromatic carbocycles. The van der Waals surface area contributed by atoms with E-state index in [9.17, 15) is 9.00 Å². The summed E-state index contributed by atoms with van der Waals surface area (Å²) in [6.07, 6.45) is 16.6. The maximum Gasteiger partial charge on any atom is 0.407 e. The van der Waals surface area contributed by atoms with Gasteiger partial charge >= 0.3 is 6.09 Å². The minimum absolute atomic E-state index is 0.0362. The minimum atomic E-state index is -1.91. The number of azide groups is 1. The van der Waals surface area contributed by atoms with Crippen molar-refractivity contribution < 1.29 is 32.5 Å². The van der Waals surface area contributed by atoms with E-state index in [4.69, 9.17) is 24.5 Å². The van der Waals surface area contributed by atoms with Crippen molar-refractivity contribution in [1.29, 1.82) is 0 Å². The molecule has 4 heterocycles. The van der Waals surface area contributed by atoms with E-state index < -0.39 is 14.1 Å². The summed E-state index contributed by atoms with van der Waals surface area (Å²) in [5, 5.41) is 11.3. The van der Waals surface area contributed by atoms with Crippen molar-refractivity contribution in [3.8, 4) is 0 Å². The summed E-state index contributed by atoms with van der Waals surface area (Å²) < 4.78 is 36.8. The number of nitrogens with one attached hydrogen (secondary N) is 1. The zero-order valence-corrected chi connectivity index (χ0v) is 41.8. The first-order chi connectivity index (χ1) is 32.5. The molecule has 4 aliphatic rings.